The van der Waals surface area contributed by atoms with Gasteiger partial charge in [0.25, 0.3) is 0 Å². The Kier molecular flexibility index (Phi) is 7.78. The minimum absolute atomic E-state index is 0.194. The van der Waals surface area contributed by atoms with Gasteiger partial charge in [-0.2, -0.15) is 12.6 Å². The van der Waals surface area contributed by atoms with Crippen LogP contribution in [-0.2, 0) is 9.59 Å². The molecular weight excluding hydrogens is 332 g/mol. The molecule has 1 atom stereocenters. The molecule has 7 heteroatoms. The molecule has 0 saturated carbocycles. The van der Waals surface area contributed by atoms with Crippen LogP contribution in [-0.4, -0.2) is 55.5 Å². The molecule has 0 fully saturated rings. The number of ether oxygens (including phenoxy) is 1. The van der Waals surface area contributed by atoms with E-state index in [1.54, 1.807) is 7.11 Å². The van der Waals surface area contributed by atoms with Crippen LogP contribution >= 0.6 is 22.7 Å². The van der Waals surface area contributed by atoms with E-state index in [-0.39, 0.29) is 17.6 Å². The molecule has 0 aromatic heterocycles. The van der Waals surface area contributed by atoms with Crippen LogP contribution in [0.1, 0.15) is 6.92 Å². The second kappa shape index (κ2) is 9.08. The van der Waals surface area contributed by atoms with Crippen LogP contribution < -0.4 is 15.4 Å². The van der Waals surface area contributed by atoms with Crippen molar-refractivity contribution in [2.45, 2.75) is 17.9 Å². The zero-order valence-corrected chi connectivity index (χ0v) is 15.8. The van der Waals surface area contributed by atoms with Crippen LogP contribution in [0.4, 0.5) is 0 Å². The molecule has 0 aliphatic rings. The summed E-state index contributed by atoms with van der Waals surface area (Å²) in [5.41, 5.74) is 0. The van der Waals surface area contributed by atoms with E-state index in [0.717, 1.165) is 11.5 Å². The van der Waals surface area contributed by atoms with Gasteiger partial charge >= 0.3 is 0 Å². The summed E-state index contributed by atoms with van der Waals surface area (Å²) >= 11 is 4.10. The van der Waals surface area contributed by atoms with Crippen molar-refractivity contribution in [3.05, 3.63) is 24.3 Å². The van der Waals surface area contributed by atoms with Crippen LogP contribution in [0, 0.1) is 0 Å². The molecule has 0 spiro atoms. The lowest BCUT2D eigenvalue weighted by Crippen LogP contribution is -2.48. The second-order valence-electron chi connectivity index (χ2n) is 5.64. The Labute approximate surface area is 145 Å². The average Bonchev–Trinajstić information content (AvgIpc) is 2.52. The molecule has 0 aliphatic heterocycles. The van der Waals surface area contributed by atoms with Gasteiger partial charge in [-0.05, 0) is 47.4 Å². The molecule has 130 valence electrons. The van der Waals surface area contributed by atoms with Crippen molar-refractivity contribution in [2.24, 2.45) is 0 Å². The number of hydrogen-bond acceptors (Lipinski definition) is 4. The van der Waals surface area contributed by atoms with Gasteiger partial charge in [-0.3, -0.25) is 9.59 Å². The third-order valence-corrected chi connectivity index (χ3v) is 6.62. The highest BCUT2D eigenvalue weighted by molar-refractivity contribution is 8.32. The van der Waals surface area contributed by atoms with Crippen molar-refractivity contribution in [3.8, 4) is 5.75 Å². The molecule has 5 nitrogen and oxygen atoms in total. The van der Waals surface area contributed by atoms with Crippen molar-refractivity contribution < 1.29 is 14.3 Å². The summed E-state index contributed by atoms with van der Waals surface area (Å²) in [6.45, 7) is 1.96. The Morgan fingerprint density at radius 3 is 2.35 bits per heavy atom. The summed E-state index contributed by atoms with van der Waals surface area (Å²) in [5, 5.41) is 5.47. The van der Waals surface area contributed by atoms with Crippen molar-refractivity contribution in [3.63, 3.8) is 0 Å². The predicted molar refractivity (Wildman–Crippen MR) is 100 cm³/mol. The zero-order chi connectivity index (χ0) is 17.5. The first kappa shape index (κ1) is 19.7. The van der Waals surface area contributed by atoms with E-state index in [0.29, 0.717) is 6.54 Å². The fourth-order valence-corrected chi connectivity index (χ4v) is 4.03. The highest BCUT2D eigenvalue weighted by Crippen LogP contribution is 2.48. The van der Waals surface area contributed by atoms with Crippen LogP contribution in [0.5, 0.6) is 5.75 Å². The topological polar surface area (TPSA) is 67.4 Å². The van der Waals surface area contributed by atoms with Crippen molar-refractivity contribution in [1.29, 1.82) is 0 Å². The van der Waals surface area contributed by atoms with E-state index in [9.17, 15) is 9.59 Å². The van der Waals surface area contributed by atoms with Gasteiger partial charge in [0.05, 0.1) is 7.11 Å². The van der Waals surface area contributed by atoms with Gasteiger partial charge in [0.1, 0.15) is 11.8 Å². The molecule has 0 aliphatic carbocycles. The van der Waals surface area contributed by atoms with Gasteiger partial charge in [-0.25, -0.2) is 10.0 Å². The molecule has 0 bridgehead atoms. The fourth-order valence-electron chi connectivity index (χ4n) is 2.05. The van der Waals surface area contributed by atoms with E-state index in [1.807, 2.05) is 12.1 Å². The Morgan fingerprint density at radius 1 is 1.26 bits per heavy atom. The van der Waals surface area contributed by atoms with Gasteiger partial charge < -0.3 is 15.4 Å². The van der Waals surface area contributed by atoms with Crippen molar-refractivity contribution in [2.75, 3.05) is 37.7 Å². The van der Waals surface area contributed by atoms with Crippen LogP contribution in [0.25, 0.3) is 0 Å². The number of hydrogen-bond donors (Lipinski definition) is 3. The summed E-state index contributed by atoms with van der Waals surface area (Å²) in [6.07, 6.45) is 4.43. The maximum atomic E-state index is 12.0. The molecular formula is C16H26N2O3S2. The Hall–Kier alpha value is -1.34. The summed E-state index contributed by atoms with van der Waals surface area (Å²) in [7, 11) is 0.635. The van der Waals surface area contributed by atoms with Gasteiger partial charge in [-0.15, -0.1) is 0 Å². The third-order valence-electron chi connectivity index (χ3n) is 3.49. The smallest absolute Gasteiger partial charge is 0.243 e. The monoisotopic (exact) mass is 358 g/mol. The van der Waals surface area contributed by atoms with E-state index in [1.165, 1.54) is 11.8 Å². The molecule has 0 saturated heterocycles. The quantitative estimate of drug-likeness (QED) is 0.619. The Balaban J connectivity index is 2.54. The van der Waals surface area contributed by atoms with E-state index >= 15 is 0 Å². The number of benzene rings is 1. The molecule has 0 heterocycles. The van der Waals surface area contributed by atoms with Gasteiger partial charge in [-0.1, -0.05) is 0 Å². The lowest BCUT2D eigenvalue weighted by molar-refractivity contribution is -0.127. The number of nitrogens with one attached hydrogen (secondary N) is 2. The zero-order valence-electron chi connectivity index (χ0n) is 14.1. The number of carbonyl (C=O) groups excluding carboxylic acids is 2. The summed E-state index contributed by atoms with van der Waals surface area (Å²) in [4.78, 5) is 24.4. The molecule has 2 N–H and O–H groups in total. The normalized spacial score (nSPS) is 13.1. The predicted octanol–water partition coefficient (Wildman–Crippen LogP) is 1.67. The molecule has 1 rings (SSSR count). The molecule has 2 amide bonds. The van der Waals surface area contributed by atoms with Crippen LogP contribution in [0.15, 0.2) is 29.2 Å². The average molecular weight is 359 g/mol. The summed E-state index contributed by atoms with van der Waals surface area (Å²) in [6, 6.07) is 7.47. The first-order valence-corrected chi connectivity index (χ1v) is 10.6. The van der Waals surface area contributed by atoms with Crippen molar-refractivity contribution >= 4 is 34.5 Å². The molecule has 0 radical (unpaired) electrons. The number of rotatable bonds is 8. The first-order chi connectivity index (χ1) is 10.8. The van der Waals surface area contributed by atoms with Gasteiger partial charge in [0.2, 0.25) is 11.8 Å². The largest absolute Gasteiger partial charge is 0.497 e. The number of amides is 2. The maximum absolute atomic E-state index is 12.0. The van der Waals surface area contributed by atoms with E-state index in [4.69, 9.17) is 4.74 Å². The maximum Gasteiger partial charge on any atom is 0.243 e. The summed E-state index contributed by atoms with van der Waals surface area (Å²) in [5.74, 6) is 1.55. The highest BCUT2D eigenvalue weighted by Gasteiger charge is 2.19. The minimum Gasteiger partial charge on any atom is -0.497 e. The van der Waals surface area contributed by atoms with Gasteiger partial charge in [0, 0.05) is 19.2 Å². The van der Waals surface area contributed by atoms with Gasteiger partial charge in [0.15, 0.2) is 0 Å². The number of carbonyl (C=O) groups is 2. The van der Waals surface area contributed by atoms with E-state index < -0.39 is 16.1 Å². The van der Waals surface area contributed by atoms with E-state index in [2.05, 4.69) is 47.9 Å². The Bertz CT molecular complexity index is 533. The van der Waals surface area contributed by atoms with Crippen LogP contribution in [0.3, 0.4) is 0 Å². The highest BCUT2D eigenvalue weighted by atomic mass is 32.3. The molecule has 1 aromatic rings. The Morgan fingerprint density at radius 2 is 1.87 bits per heavy atom. The van der Waals surface area contributed by atoms with Crippen LogP contribution in [0.2, 0.25) is 0 Å². The minimum atomic E-state index is -1.01. The summed E-state index contributed by atoms with van der Waals surface area (Å²) < 4.78 is 5.18. The van der Waals surface area contributed by atoms with Crippen molar-refractivity contribution in [1.82, 2.24) is 10.6 Å². The lowest BCUT2D eigenvalue weighted by atomic mass is 10.3. The molecule has 1 aromatic carbocycles. The first-order valence-electron chi connectivity index (χ1n) is 7.31. The SMILES string of the molecule is COc1ccc(S(C)(C)CCNC(=O)C(CS)NC(C)=O)cc1. The number of methoxy groups -OCH3 is 1. The second-order valence-corrected chi connectivity index (χ2v) is 9.97. The lowest BCUT2D eigenvalue weighted by Gasteiger charge is -2.32. The third kappa shape index (κ3) is 6.35. The standard InChI is InChI=1S/C16H26N2O3S2/c1-12(19)18-15(11-22)16(20)17-9-10-23(3,4)14-7-5-13(21-2)6-8-14/h5-8,15,22H,9-11H2,1-4H3,(H,17,20)(H,18,19). The number of thiol groups is 1. The molecule has 1 unspecified atom stereocenters. The molecule has 23 heavy (non-hydrogen) atoms. The fraction of sp³-hybridized carbons (Fsp3) is 0.500.